The number of hydrogen-bond acceptors (Lipinski definition) is 1. The van der Waals surface area contributed by atoms with E-state index in [1.165, 1.54) is 6.07 Å². The maximum atomic E-state index is 12.4. The number of carbonyl (C=O) groups is 1. The van der Waals surface area contributed by atoms with Gasteiger partial charge in [-0.15, -0.1) is 17.0 Å². The SMILES string of the molecule is Br.NC(=O)c1ccc(F)cc1Cl. The molecule has 2 N–H and O–H groups in total. The fourth-order valence-electron chi connectivity index (χ4n) is 0.689. The Kier molecular flexibility index (Phi) is 4.20. The Morgan fingerprint density at radius 3 is 2.50 bits per heavy atom. The van der Waals surface area contributed by atoms with Gasteiger partial charge in [0.25, 0.3) is 0 Å². The molecule has 0 fully saturated rings. The van der Waals surface area contributed by atoms with Gasteiger partial charge in [0.2, 0.25) is 5.91 Å². The molecule has 1 aromatic carbocycles. The van der Waals surface area contributed by atoms with Crippen LogP contribution in [0.1, 0.15) is 10.4 Å². The molecule has 1 rings (SSSR count). The number of benzene rings is 1. The third-order valence-electron chi connectivity index (χ3n) is 1.20. The third-order valence-corrected chi connectivity index (χ3v) is 1.51. The zero-order chi connectivity index (χ0) is 8.43. The van der Waals surface area contributed by atoms with Gasteiger partial charge in [0, 0.05) is 0 Å². The summed E-state index contributed by atoms with van der Waals surface area (Å²) in [6.45, 7) is 0. The summed E-state index contributed by atoms with van der Waals surface area (Å²) in [5, 5.41) is 0.0394. The van der Waals surface area contributed by atoms with Gasteiger partial charge in [-0.05, 0) is 18.2 Å². The molecule has 0 aliphatic heterocycles. The quantitative estimate of drug-likeness (QED) is 0.820. The lowest BCUT2D eigenvalue weighted by molar-refractivity contribution is 0.100. The summed E-state index contributed by atoms with van der Waals surface area (Å²) in [5.74, 6) is -1.14. The van der Waals surface area contributed by atoms with Gasteiger partial charge in [0.15, 0.2) is 0 Å². The topological polar surface area (TPSA) is 43.1 Å². The minimum Gasteiger partial charge on any atom is -0.366 e. The summed E-state index contributed by atoms with van der Waals surface area (Å²) in [4.78, 5) is 10.5. The molecule has 0 saturated carbocycles. The van der Waals surface area contributed by atoms with Crippen LogP contribution in [0.3, 0.4) is 0 Å². The van der Waals surface area contributed by atoms with E-state index in [4.69, 9.17) is 17.3 Å². The molecule has 1 aromatic rings. The highest BCUT2D eigenvalue weighted by Gasteiger charge is 2.05. The zero-order valence-electron chi connectivity index (χ0n) is 5.88. The Hall–Kier alpha value is -0.610. The van der Waals surface area contributed by atoms with E-state index in [0.29, 0.717) is 0 Å². The molecule has 0 atom stereocenters. The maximum absolute atomic E-state index is 12.4. The van der Waals surface area contributed by atoms with Gasteiger partial charge in [-0.25, -0.2) is 4.39 Å². The lowest BCUT2D eigenvalue weighted by Gasteiger charge is -1.97. The first-order valence-corrected chi connectivity index (χ1v) is 3.24. The lowest BCUT2D eigenvalue weighted by atomic mass is 10.2. The van der Waals surface area contributed by atoms with Crippen molar-refractivity contribution in [2.45, 2.75) is 0 Å². The van der Waals surface area contributed by atoms with Crippen LogP contribution in [-0.4, -0.2) is 5.91 Å². The summed E-state index contributed by atoms with van der Waals surface area (Å²) in [7, 11) is 0. The van der Waals surface area contributed by atoms with Crippen molar-refractivity contribution in [2.24, 2.45) is 5.73 Å². The Balaban J connectivity index is 0.00000121. The second-order valence-corrected chi connectivity index (χ2v) is 2.40. The fourth-order valence-corrected chi connectivity index (χ4v) is 0.950. The monoisotopic (exact) mass is 253 g/mol. The van der Waals surface area contributed by atoms with E-state index in [0.717, 1.165) is 12.1 Å². The van der Waals surface area contributed by atoms with Crippen LogP contribution >= 0.6 is 28.6 Å². The van der Waals surface area contributed by atoms with E-state index >= 15 is 0 Å². The second kappa shape index (κ2) is 4.42. The number of amides is 1. The highest BCUT2D eigenvalue weighted by molar-refractivity contribution is 8.93. The van der Waals surface area contributed by atoms with Gasteiger partial charge >= 0.3 is 0 Å². The zero-order valence-corrected chi connectivity index (χ0v) is 8.35. The van der Waals surface area contributed by atoms with E-state index in [1.807, 2.05) is 0 Å². The number of nitrogens with two attached hydrogens (primary N) is 1. The standard InChI is InChI=1S/C7H5ClFNO.BrH/c8-6-3-4(9)1-2-5(6)7(10)11;/h1-3H,(H2,10,11);1H. The van der Waals surface area contributed by atoms with Crippen LogP contribution in [0.2, 0.25) is 5.02 Å². The Morgan fingerprint density at radius 2 is 2.08 bits per heavy atom. The lowest BCUT2D eigenvalue weighted by Crippen LogP contribution is -2.11. The molecule has 5 heteroatoms. The summed E-state index contributed by atoms with van der Waals surface area (Å²) >= 11 is 5.48. The molecular formula is C7H6BrClFNO. The van der Waals surface area contributed by atoms with Crippen LogP contribution in [0.4, 0.5) is 4.39 Å². The van der Waals surface area contributed by atoms with Crippen LogP contribution in [0, 0.1) is 5.82 Å². The van der Waals surface area contributed by atoms with Gasteiger partial charge < -0.3 is 5.73 Å². The van der Waals surface area contributed by atoms with Crippen molar-refractivity contribution in [2.75, 3.05) is 0 Å². The molecule has 66 valence electrons. The number of carbonyl (C=O) groups excluding carboxylic acids is 1. The first kappa shape index (κ1) is 11.4. The maximum Gasteiger partial charge on any atom is 0.250 e. The molecule has 0 aliphatic rings. The fraction of sp³-hybridized carbons (Fsp3) is 0. The van der Waals surface area contributed by atoms with Crippen molar-refractivity contribution in [1.82, 2.24) is 0 Å². The number of halogens is 3. The predicted molar refractivity (Wildman–Crippen MR) is 50.2 cm³/mol. The van der Waals surface area contributed by atoms with E-state index in [1.54, 1.807) is 0 Å². The van der Waals surface area contributed by atoms with E-state index in [9.17, 15) is 9.18 Å². The van der Waals surface area contributed by atoms with Crippen LogP contribution in [0.5, 0.6) is 0 Å². The summed E-state index contributed by atoms with van der Waals surface area (Å²) < 4.78 is 12.4. The van der Waals surface area contributed by atoms with Crippen molar-refractivity contribution in [3.05, 3.63) is 34.6 Å². The normalized spacial score (nSPS) is 8.83. The average Bonchev–Trinajstić information content (AvgIpc) is 1.85. The molecule has 12 heavy (non-hydrogen) atoms. The Labute approximate surface area is 84.3 Å². The molecule has 0 aliphatic carbocycles. The van der Waals surface area contributed by atoms with Gasteiger partial charge in [-0.2, -0.15) is 0 Å². The summed E-state index contributed by atoms with van der Waals surface area (Å²) in [6.07, 6.45) is 0. The molecule has 0 saturated heterocycles. The van der Waals surface area contributed by atoms with Gasteiger partial charge in [0.1, 0.15) is 5.82 Å². The number of primary amides is 1. The van der Waals surface area contributed by atoms with Crippen molar-refractivity contribution in [1.29, 1.82) is 0 Å². The van der Waals surface area contributed by atoms with Crippen molar-refractivity contribution < 1.29 is 9.18 Å². The molecule has 0 heterocycles. The largest absolute Gasteiger partial charge is 0.366 e. The van der Waals surface area contributed by atoms with Crippen molar-refractivity contribution >= 4 is 34.5 Å². The minimum atomic E-state index is -0.657. The van der Waals surface area contributed by atoms with Crippen LogP contribution < -0.4 is 5.73 Å². The number of hydrogen-bond donors (Lipinski definition) is 1. The van der Waals surface area contributed by atoms with E-state index in [-0.39, 0.29) is 27.6 Å². The van der Waals surface area contributed by atoms with Crippen molar-refractivity contribution in [3.8, 4) is 0 Å². The average molecular weight is 254 g/mol. The first-order chi connectivity index (χ1) is 5.11. The molecule has 0 unspecified atom stereocenters. The summed E-state index contributed by atoms with van der Waals surface area (Å²) in [6, 6.07) is 3.42. The molecular weight excluding hydrogens is 248 g/mol. The molecule has 0 radical (unpaired) electrons. The minimum absolute atomic E-state index is 0. The van der Waals surface area contributed by atoms with Crippen molar-refractivity contribution in [3.63, 3.8) is 0 Å². The first-order valence-electron chi connectivity index (χ1n) is 2.86. The Morgan fingerprint density at radius 1 is 1.50 bits per heavy atom. The predicted octanol–water partition coefficient (Wildman–Crippen LogP) is 2.16. The molecule has 0 spiro atoms. The van der Waals surface area contributed by atoms with Gasteiger partial charge in [0.05, 0.1) is 10.6 Å². The smallest absolute Gasteiger partial charge is 0.250 e. The summed E-state index contributed by atoms with van der Waals surface area (Å²) in [5.41, 5.74) is 5.05. The molecule has 1 amide bonds. The molecule has 2 nitrogen and oxygen atoms in total. The highest BCUT2D eigenvalue weighted by atomic mass is 79.9. The molecule has 0 aromatic heterocycles. The van der Waals surface area contributed by atoms with Crippen LogP contribution in [-0.2, 0) is 0 Å². The van der Waals surface area contributed by atoms with Gasteiger partial charge in [-0.1, -0.05) is 11.6 Å². The van der Waals surface area contributed by atoms with E-state index in [2.05, 4.69) is 0 Å². The molecule has 0 bridgehead atoms. The van der Waals surface area contributed by atoms with E-state index < -0.39 is 11.7 Å². The van der Waals surface area contributed by atoms with Gasteiger partial charge in [-0.3, -0.25) is 4.79 Å². The Bertz CT molecular complexity index is 305. The number of rotatable bonds is 1. The second-order valence-electron chi connectivity index (χ2n) is 1.99. The third kappa shape index (κ3) is 2.46. The van der Waals surface area contributed by atoms with Crippen LogP contribution in [0.15, 0.2) is 18.2 Å². The highest BCUT2D eigenvalue weighted by Crippen LogP contribution is 2.15. The van der Waals surface area contributed by atoms with Crippen LogP contribution in [0.25, 0.3) is 0 Å².